The van der Waals surface area contributed by atoms with Crippen LogP contribution in [0.4, 0.5) is 0 Å². The molecular formula is C13H22N2O3. The number of amides is 1. The lowest BCUT2D eigenvalue weighted by molar-refractivity contribution is -0.149. The predicted octanol–water partition coefficient (Wildman–Crippen LogP) is 1.03. The summed E-state index contributed by atoms with van der Waals surface area (Å²) in [5.74, 6) is -1.02. The second-order valence-electron chi connectivity index (χ2n) is 5.44. The second kappa shape index (κ2) is 5.69. The van der Waals surface area contributed by atoms with Crippen LogP contribution in [0.25, 0.3) is 0 Å². The molecule has 0 unspecified atom stereocenters. The number of hydrogen-bond donors (Lipinski definition) is 3. The molecule has 1 saturated carbocycles. The van der Waals surface area contributed by atoms with E-state index in [-0.39, 0.29) is 11.9 Å². The Morgan fingerprint density at radius 2 is 1.83 bits per heavy atom. The molecule has 2 aliphatic rings. The Labute approximate surface area is 107 Å². The first kappa shape index (κ1) is 13.3. The van der Waals surface area contributed by atoms with E-state index in [4.69, 9.17) is 0 Å². The van der Waals surface area contributed by atoms with Gasteiger partial charge < -0.3 is 15.7 Å². The first-order valence-corrected chi connectivity index (χ1v) is 6.93. The van der Waals surface area contributed by atoms with Crippen molar-refractivity contribution in [2.45, 2.75) is 62.9 Å². The summed E-state index contributed by atoms with van der Waals surface area (Å²) in [7, 11) is 0. The topological polar surface area (TPSA) is 78.4 Å². The molecule has 0 radical (unpaired) electrons. The van der Waals surface area contributed by atoms with Gasteiger partial charge in [-0.25, -0.2) is 4.79 Å². The number of carboxylic acid groups (broad SMARTS) is 1. The van der Waals surface area contributed by atoms with E-state index in [0.29, 0.717) is 12.8 Å². The van der Waals surface area contributed by atoms with Crippen molar-refractivity contribution in [3.63, 3.8) is 0 Å². The molecule has 1 heterocycles. The number of aliphatic carboxylic acids is 1. The Balaban J connectivity index is 1.99. The summed E-state index contributed by atoms with van der Waals surface area (Å²) < 4.78 is 0. The molecule has 1 aliphatic carbocycles. The number of nitrogens with one attached hydrogen (secondary N) is 2. The van der Waals surface area contributed by atoms with Gasteiger partial charge >= 0.3 is 5.97 Å². The van der Waals surface area contributed by atoms with Crippen LogP contribution in [0.5, 0.6) is 0 Å². The summed E-state index contributed by atoms with van der Waals surface area (Å²) in [5, 5.41) is 15.4. The minimum Gasteiger partial charge on any atom is -0.480 e. The van der Waals surface area contributed by atoms with Crippen LogP contribution in [0.1, 0.15) is 51.4 Å². The Morgan fingerprint density at radius 3 is 2.39 bits per heavy atom. The van der Waals surface area contributed by atoms with Crippen molar-refractivity contribution in [3.8, 4) is 0 Å². The molecule has 0 aromatic carbocycles. The fraction of sp³-hybridized carbons (Fsp3) is 0.846. The maximum atomic E-state index is 12.1. The quantitative estimate of drug-likeness (QED) is 0.703. The van der Waals surface area contributed by atoms with Gasteiger partial charge in [-0.3, -0.25) is 4.79 Å². The smallest absolute Gasteiger partial charge is 0.329 e. The number of rotatable bonds is 3. The molecule has 1 aliphatic heterocycles. The molecule has 2 rings (SSSR count). The Hall–Kier alpha value is -1.10. The normalized spacial score (nSPS) is 27.4. The monoisotopic (exact) mass is 254 g/mol. The average Bonchev–Trinajstić information content (AvgIpc) is 2.40. The summed E-state index contributed by atoms with van der Waals surface area (Å²) in [4.78, 5) is 23.6. The SMILES string of the molecule is O=C(NC1(C(=O)O)CCCCC1)[C@H]1CCCCN1. The number of carbonyl (C=O) groups is 2. The zero-order valence-corrected chi connectivity index (χ0v) is 10.7. The van der Waals surface area contributed by atoms with E-state index in [2.05, 4.69) is 10.6 Å². The van der Waals surface area contributed by atoms with Crippen molar-refractivity contribution < 1.29 is 14.7 Å². The lowest BCUT2D eigenvalue weighted by Gasteiger charge is -2.35. The summed E-state index contributed by atoms with van der Waals surface area (Å²) in [6.07, 6.45) is 6.87. The van der Waals surface area contributed by atoms with Gasteiger partial charge in [0.15, 0.2) is 0 Å². The van der Waals surface area contributed by atoms with Gasteiger partial charge in [0.2, 0.25) is 5.91 Å². The zero-order chi connectivity index (χ0) is 13.0. The van der Waals surface area contributed by atoms with Crippen LogP contribution < -0.4 is 10.6 Å². The first-order valence-electron chi connectivity index (χ1n) is 6.93. The third-order valence-corrected chi connectivity index (χ3v) is 4.11. The second-order valence-corrected chi connectivity index (χ2v) is 5.44. The molecule has 0 bridgehead atoms. The Morgan fingerprint density at radius 1 is 1.11 bits per heavy atom. The molecule has 3 N–H and O–H groups in total. The summed E-state index contributed by atoms with van der Waals surface area (Å²) in [6, 6.07) is -0.211. The minimum absolute atomic E-state index is 0.140. The molecule has 0 spiro atoms. The van der Waals surface area contributed by atoms with Gasteiger partial charge in [-0.05, 0) is 32.2 Å². The van der Waals surface area contributed by atoms with Gasteiger partial charge in [0.1, 0.15) is 5.54 Å². The largest absolute Gasteiger partial charge is 0.480 e. The Bertz CT molecular complexity index is 318. The average molecular weight is 254 g/mol. The molecule has 1 amide bonds. The summed E-state index contributed by atoms with van der Waals surface area (Å²) in [5.41, 5.74) is -1.02. The minimum atomic E-state index is -1.02. The van der Waals surface area contributed by atoms with Crippen LogP contribution in [-0.2, 0) is 9.59 Å². The van der Waals surface area contributed by atoms with E-state index in [9.17, 15) is 14.7 Å². The van der Waals surface area contributed by atoms with E-state index >= 15 is 0 Å². The van der Waals surface area contributed by atoms with Gasteiger partial charge in [-0.1, -0.05) is 25.7 Å². The van der Waals surface area contributed by atoms with Crippen LogP contribution in [0.2, 0.25) is 0 Å². The summed E-state index contributed by atoms with van der Waals surface area (Å²) >= 11 is 0. The number of hydrogen-bond acceptors (Lipinski definition) is 3. The predicted molar refractivity (Wildman–Crippen MR) is 67.2 cm³/mol. The molecule has 1 saturated heterocycles. The highest BCUT2D eigenvalue weighted by molar-refractivity contribution is 5.89. The molecule has 5 nitrogen and oxygen atoms in total. The fourth-order valence-electron chi connectivity index (χ4n) is 2.95. The third-order valence-electron chi connectivity index (χ3n) is 4.11. The highest BCUT2D eigenvalue weighted by Gasteiger charge is 2.42. The summed E-state index contributed by atoms with van der Waals surface area (Å²) in [6.45, 7) is 0.845. The standard InChI is InChI=1S/C13H22N2O3/c16-11(10-6-2-5-9-14-10)15-13(12(17)18)7-3-1-4-8-13/h10,14H,1-9H2,(H,15,16)(H,17,18)/t10-/m1/s1. The molecule has 1 atom stereocenters. The van der Waals surface area contributed by atoms with Crippen LogP contribution in [0.15, 0.2) is 0 Å². The van der Waals surface area contributed by atoms with Crippen LogP contribution in [0.3, 0.4) is 0 Å². The lowest BCUT2D eigenvalue weighted by Crippen LogP contribution is -2.60. The molecule has 18 heavy (non-hydrogen) atoms. The van der Waals surface area contributed by atoms with Crippen molar-refractivity contribution in [2.24, 2.45) is 0 Å². The van der Waals surface area contributed by atoms with E-state index in [1.807, 2.05) is 0 Å². The Kier molecular flexibility index (Phi) is 4.22. The highest BCUT2D eigenvalue weighted by atomic mass is 16.4. The fourth-order valence-corrected chi connectivity index (χ4v) is 2.95. The van der Waals surface area contributed by atoms with Crippen molar-refractivity contribution in [3.05, 3.63) is 0 Å². The van der Waals surface area contributed by atoms with Gasteiger partial charge in [0.05, 0.1) is 6.04 Å². The molecule has 102 valence electrons. The maximum Gasteiger partial charge on any atom is 0.329 e. The van der Waals surface area contributed by atoms with Gasteiger partial charge in [-0.2, -0.15) is 0 Å². The van der Waals surface area contributed by atoms with Crippen LogP contribution >= 0.6 is 0 Å². The highest BCUT2D eigenvalue weighted by Crippen LogP contribution is 2.28. The number of piperidine rings is 1. The lowest BCUT2D eigenvalue weighted by atomic mass is 9.81. The van der Waals surface area contributed by atoms with Crippen molar-refractivity contribution in [1.29, 1.82) is 0 Å². The van der Waals surface area contributed by atoms with Crippen molar-refractivity contribution in [2.75, 3.05) is 6.54 Å². The number of carbonyl (C=O) groups excluding carboxylic acids is 1. The van der Waals surface area contributed by atoms with Gasteiger partial charge in [0.25, 0.3) is 0 Å². The molecule has 0 aromatic rings. The van der Waals surface area contributed by atoms with Crippen molar-refractivity contribution in [1.82, 2.24) is 10.6 Å². The van der Waals surface area contributed by atoms with Gasteiger partial charge in [0, 0.05) is 0 Å². The third kappa shape index (κ3) is 2.83. The van der Waals surface area contributed by atoms with E-state index in [1.165, 1.54) is 0 Å². The van der Waals surface area contributed by atoms with Crippen molar-refractivity contribution >= 4 is 11.9 Å². The van der Waals surface area contributed by atoms with E-state index in [0.717, 1.165) is 45.1 Å². The molecule has 5 heteroatoms. The van der Waals surface area contributed by atoms with E-state index in [1.54, 1.807) is 0 Å². The van der Waals surface area contributed by atoms with Gasteiger partial charge in [-0.15, -0.1) is 0 Å². The maximum absolute atomic E-state index is 12.1. The molecular weight excluding hydrogens is 232 g/mol. The number of carboxylic acids is 1. The first-order chi connectivity index (χ1) is 8.64. The van der Waals surface area contributed by atoms with E-state index < -0.39 is 11.5 Å². The van der Waals surface area contributed by atoms with Crippen LogP contribution in [-0.4, -0.2) is 35.1 Å². The van der Waals surface area contributed by atoms with Crippen LogP contribution in [0, 0.1) is 0 Å². The molecule has 0 aromatic heterocycles. The molecule has 2 fully saturated rings. The zero-order valence-electron chi connectivity index (χ0n) is 10.7.